The SMILES string of the molecule is CCCCCCCCCCCN(C(=O)CCCCCCCCCC(=O)O)C(CCC(=O)NCCOCCOCCOCCOCCOCCOCCOCCOCCOCCOCCOCCOCCC(=O)NC(C)(C)CC(=O)OC(C)(C)c1ccc(C(=O)Nc2cc(F)cc(-c3ncnc4[nH]c(-c5ccc(CCN6CCC7(CC6)CCN(C(=O)c6ccc(OC)c(N8CCC(=O)NC8=O)c6)CC7)cc5)cc34)c2C)c(F)c1)C(=O)O. The predicted molar refractivity (Wildman–Crippen MR) is 561 cm³/mol. The number of urea groups is 1. The topological polar surface area (TPSA) is 443 Å². The Morgan fingerprint density at radius 2 is 1.09 bits per heavy atom. The van der Waals surface area contributed by atoms with Crippen LogP contribution in [0.3, 0.4) is 0 Å². The summed E-state index contributed by atoms with van der Waals surface area (Å²) < 4.78 is 110. The van der Waals surface area contributed by atoms with Gasteiger partial charge in [-0.3, -0.25) is 48.6 Å². The number of nitrogens with one attached hydrogen (secondary N) is 5. The summed E-state index contributed by atoms with van der Waals surface area (Å²) in [5, 5.41) is 30.4. The van der Waals surface area contributed by atoms with Gasteiger partial charge in [0.1, 0.15) is 41.0 Å². The molecule has 9 rings (SSSR count). The summed E-state index contributed by atoms with van der Waals surface area (Å²) in [6, 6.07) is 20.1. The Balaban J connectivity index is 0.519. The van der Waals surface area contributed by atoms with Crippen LogP contribution < -0.4 is 30.9 Å². The standard InChI is InChI=1S/C111H163F2N11O26/c1-8-9-10-11-12-13-17-20-23-44-123(100(128)24-21-18-15-14-16-19-22-25-101(129)130)94(107(134)135)33-35-97(125)114-43-52-139-54-56-141-58-60-143-62-64-145-66-68-147-70-72-149-74-73-148-71-69-146-67-65-144-63-61-142-59-57-140-55-53-138-51-38-99(127)120-109(3,4)80-102(131)150-110(5,6)86-31-32-88(91(113)76-86)105(132)118-92-78-87(112)77-89(82(92)2)103-90-79-93(117-104(90)116-81-115-103)84-28-26-83(27-29-84)36-45-121-47-39-111(40-48-121)41-49-122(50-42-111)106(133)85-30-34-96(137-7)95(75-85)124-46-37-98(126)119-108(124)136/h26-32,34,75-79,81,94H,8-25,33,35-74,80H2,1-7H3,(H,114,125)(H,118,132)(H,120,127)(H,129,130)(H,134,135)(H,115,116,117)(H,119,126,136). The molecule has 5 heterocycles. The molecule has 2 aromatic heterocycles. The number of aromatic amines is 1. The van der Waals surface area contributed by atoms with Crippen molar-refractivity contribution >= 4 is 81.8 Å². The number of aromatic nitrogens is 3. The number of esters is 1. The van der Waals surface area contributed by atoms with Crippen LogP contribution in [-0.2, 0) is 107 Å². The Labute approximate surface area is 881 Å². The molecule has 1 spiro atoms. The molecule has 0 aliphatic carbocycles. The molecular formula is C111H163F2N11O26. The number of likely N-dealkylation sites (tertiary alicyclic amines) is 2. The molecule has 6 aromatic rings. The first kappa shape index (κ1) is 123. The third-order valence-electron chi connectivity index (χ3n) is 27.0. The Morgan fingerprint density at radius 3 is 1.62 bits per heavy atom. The van der Waals surface area contributed by atoms with Crippen LogP contribution in [0.15, 0.2) is 85.2 Å². The number of unbranched alkanes of at least 4 members (excludes halogenated alkanes) is 14. The number of methoxy groups -OCH3 is 1. The van der Waals surface area contributed by atoms with Crippen molar-refractivity contribution in [2.24, 2.45) is 5.41 Å². The molecule has 3 aliphatic rings. The van der Waals surface area contributed by atoms with Crippen LogP contribution in [0.5, 0.6) is 5.75 Å². The lowest BCUT2D eigenvalue weighted by Gasteiger charge is -2.47. The predicted octanol–water partition coefficient (Wildman–Crippen LogP) is 15.1. The van der Waals surface area contributed by atoms with Crippen molar-refractivity contribution < 1.29 is 133 Å². The molecule has 1 unspecified atom stereocenters. The van der Waals surface area contributed by atoms with E-state index in [4.69, 9.17) is 71.4 Å². The average molecular weight is 2110 g/mol. The van der Waals surface area contributed by atoms with Crippen molar-refractivity contribution in [2.45, 2.75) is 239 Å². The second-order valence-corrected chi connectivity index (χ2v) is 39.4. The van der Waals surface area contributed by atoms with Gasteiger partial charge in [-0.25, -0.2) is 28.3 Å². The lowest BCUT2D eigenvalue weighted by Crippen LogP contribution is -2.50. The number of piperidine rings is 2. The van der Waals surface area contributed by atoms with Crippen molar-refractivity contribution in [3.05, 3.63) is 125 Å². The minimum Gasteiger partial charge on any atom is -0.495 e. The van der Waals surface area contributed by atoms with Gasteiger partial charge in [0.05, 0.1) is 189 Å². The number of imide groups is 1. The molecule has 0 saturated carbocycles. The summed E-state index contributed by atoms with van der Waals surface area (Å²) in [5.74, 6) is -5.81. The van der Waals surface area contributed by atoms with Crippen LogP contribution >= 0.6 is 0 Å². The molecule has 1 atom stereocenters. The van der Waals surface area contributed by atoms with E-state index in [9.17, 15) is 53.1 Å². The monoisotopic (exact) mass is 2100 g/mol. The molecule has 3 saturated heterocycles. The molecule has 4 aromatic carbocycles. The van der Waals surface area contributed by atoms with Crippen LogP contribution in [0.25, 0.3) is 33.5 Å². The number of anilines is 2. The highest BCUT2D eigenvalue weighted by molar-refractivity contribution is 6.08. The average Bonchev–Trinajstić information content (AvgIpc) is 1.56. The maximum Gasteiger partial charge on any atom is 0.328 e. The van der Waals surface area contributed by atoms with Gasteiger partial charge in [0.15, 0.2) is 0 Å². The number of ether oxygens (including phenoxy) is 14. The number of carboxylic acid groups (broad SMARTS) is 2. The number of carboxylic acids is 2. The zero-order valence-corrected chi connectivity index (χ0v) is 89.2. The smallest absolute Gasteiger partial charge is 0.328 e. The number of carbonyl (C=O) groups is 10. The van der Waals surface area contributed by atoms with Crippen molar-refractivity contribution in [2.75, 3.05) is 228 Å². The van der Waals surface area contributed by atoms with Gasteiger partial charge >= 0.3 is 23.9 Å². The van der Waals surface area contributed by atoms with E-state index in [2.05, 4.69) is 72.3 Å². The third-order valence-corrected chi connectivity index (χ3v) is 27.0. The van der Waals surface area contributed by atoms with Crippen molar-refractivity contribution in [1.29, 1.82) is 0 Å². The fourth-order valence-electron chi connectivity index (χ4n) is 18.3. The van der Waals surface area contributed by atoms with Gasteiger partial charge in [0.25, 0.3) is 11.8 Å². The van der Waals surface area contributed by atoms with E-state index in [-0.39, 0.29) is 136 Å². The number of H-pyrrole nitrogens is 1. The number of carbonyl (C=O) groups excluding carboxylic acids is 8. The van der Waals surface area contributed by atoms with Crippen LogP contribution in [0.4, 0.5) is 25.0 Å². The zero-order chi connectivity index (χ0) is 108. The molecule has 150 heavy (non-hydrogen) atoms. The van der Waals surface area contributed by atoms with Gasteiger partial charge in [-0.05, 0) is 182 Å². The van der Waals surface area contributed by atoms with Gasteiger partial charge in [0.2, 0.25) is 23.6 Å². The van der Waals surface area contributed by atoms with Gasteiger partial charge in [0, 0.05) is 105 Å². The van der Waals surface area contributed by atoms with Gasteiger partial charge in [-0.1, -0.05) is 121 Å². The molecule has 0 bridgehead atoms. The summed E-state index contributed by atoms with van der Waals surface area (Å²) in [6.45, 7) is 24.1. The maximum atomic E-state index is 16.1. The number of benzene rings is 4. The maximum absolute atomic E-state index is 16.1. The molecule has 3 aliphatic heterocycles. The zero-order valence-electron chi connectivity index (χ0n) is 89.2. The quantitative estimate of drug-likeness (QED) is 0.0138. The molecular weight excluding hydrogens is 1940 g/mol. The minimum atomic E-state index is -1.37. The van der Waals surface area contributed by atoms with Crippen LogP contribution in [0.2, 0.25) is 0 Å². The van der Waals surface area contributed by atoms with Crippen molar-refractivity contribution in [3.63, 3.8) is 0 Å². The number of nitrogens with zero attached hydrogens (tertiary/aromatic N) is 6. The highest BCUT2D eigenvalue weighted by Gasteiger charge is 2.40. The lowest BCUT2D eigenvalue weighted by molar-refractivity contribution is -0.159. The third kappa shape index (κ3) is 44.9. The van der Waals surface area contributed by atoms with Crippen LogP contribution in [0.1, 0.15) is 245 Å². The van der Waals surface area contributed by atoms with Crippen molar-refractivity contribution in [3.8, 4) is 28.3 Å². The fraction of sp³-hybridized carbons (Fsp3) is 0.640. The van der Waals surface area contributed by atoms with E-state index in [1.807, 2.05) is 11.0 Å². The molecule has 0 radical (unpaired) electrons. The Bertz CT molecular complexity index is 5090. The van der Waals surface area contributed by atoms with Crippen molar-refractivity contribution in [1.82, 2.24) is 45.6 Å². The highest BCUT2D eigenvalue weighted by Crippen LogP contribution is 2.43. The number of amides is 8. The minimum absolute atomic E-state index is 0.0162. The second-order valence-electron chi connectivity index (χ2n) is 39.4. The summed E-state index contributed by atoms with van der Waals surface area (Å²) in [4.78, 5) is 148. The molecule has 832 valence electrons. The largest absolute Gasteiger partial charge is 0.495 e. The van der Waals surface area contributed by atoms with Crippen LogP contribution in [0, 0.1) is 24.0 Å². The lowest BCUT2D eigenvalue weighted by atomic mass is 9.71. The summed E-state index contributed by atoms with van der Waals surface area (Å²) in [6.07, 6.45) is 22.3. The molecule has 3 fully saturated rings. The Morgan fingerprint density at radius 1 is 0.560 bits per heavy atom. The van der Waals surface area contributed by atoms with Gasteiger partial charge < -0.3 is 112 Å². The Kier molecular flexibility index (Phi) is 56.0. The van der Waals surface area contributed by atoms with E-state index in [0.29, 0.717) is 216 Å². The second kappa shape index (κ2) is 68.4. The molecule has 7 N–H and O–H groups in total. The highest BCUT2D eigenvalue weighted by atomic mass is 19.1. The first-order valence-electron chi connectivity index (χ1n) is 53.7. The van der Waals surface area contributed by atoms with Crippen LogP contribution in [-0.4, -0.2) is 329 Å². The fourth-order valence-corrected chi connectivity index (χ4v) is 18.3. The van der Waals surface area contributed by atoms with Gasteiger partial charge in [-0.15, -0.1) is 0 Å². The molecule has 37 nitrogen and oxygen atoms in total. The number of fused-ring (bicyclic) bond motifs is 1. The van der Waals surface area contributed by atoms with E-state index >= 15 is 8.78 Å². The summed E-state index contributed by atoms with van der Waals surface area (Å²) in [5.41, 5.74) is 3.37. The van der Waals surface area contributed by atoms with E-state index in [1.165, 1.54) is 79.1 Å². The first-order valence-corrected chi connectivity index (χ1v) is 53.7. The number of aliphatic carboxylic acids is 2. The number of hydrogen-bond donors (Lipinski definition) is 7. The number of hydrogen-bond acceptors (Lipinski definition) is 27. The first-order chi connectivity index (χ1) is 72.5. The Hall–Kier alpha value is -10.7. The van der Waals surface area contributed by atoms with E-state index in [1.54, 1.807) is 52.8 Å². The van der Waals surface area contributed by atoms with E-state index in [0.717, 1.165) is 126 Å². The normalized spacial score (nSPS) is 14.1. The molecule has 8 amide bonds. The van der Waals surface area contributed by atoms with Gasteiger partial charge in [-0.2, -0.15) is 0 Å². The molecule has 39 heteroatoms. The summed E-state index contributed by atoms with van der Waals surface area (Å²) >= 11 is 0. The number of rotatable bonds is 79. The van der Waals surface area contributed by atoms with E-state index < -0.39 is 58.7 Å². The number of halogens is 2. The summed E-state index contributed by atoms with van der Waals surface area (Å²) in [7, 11) is 1.51.